The quantitative estimate of drug-likeness (QED) is 0.276. The van der Waals surface area contributed by atoms with Crippen molar-refractivity contribution in [2.75, 3.05) is 0 Å². The molecule has 0 N–H and O–H groups in total. The number of aromatic nitrogens is 2. The fourth-order valence-electron chi connectivity index (χ4n) is 17.0. The Morgan fingerprint density at radius 2 is 1.15 bits per heavy atom. The van der Waals surface area contributed by atoms with Crippen molar-refractivity contribution in [1.82, 2.24) is 9.97 Å². The van der Waals surface area contributed by atoms with Crippen LogP contribution in [0.2, 0.25) is 0 Å². The highest BCUT2D eigenvalue weighted by atomic mass is 16.5. The fraction of sp³-hybridized carbons (Fsp3) is 0.896. The van der Waals surface area contributed by atoms with Crippen LogP contribution < -0.4 is 0 Å². The molecule has 0 saturated heterocycles. The van der Waals surface area contributed by atoms with Gasteiger partial charge >= 0.3 is 5.97 Å². The monoisotopic (exact) mass is 711 g/mol. The lowest BCUT2D eigenvalue weighted by atomic mass is 9.44. The molecule has 0 aliphatic heterocycles. The molecule has 288 valence electrons. The summed E-state index contributed by atoms with van der Waals surface area (Å²) in [6.45, 7) is 19.6. The van der Waals surface area contributed by atoms with Crippen molar-refractivity contribution < 1.29 is 9.53 Å². The highest BCUT2D eigenvalue weighted by molar-refractivity contribution is 5.66. The minimum absolute atomic E-state index is 0.0922. The lowest BCUT2D eigenvalue weighted by molar-refractivity contribution is -0.160. The second-order valence-corrected chi connectivity index (χ2v) is 22.3. The SMILES string of the molecule is CC(=O)OC1CCC2C3CCC4Cc5nc6c(nc5CC4(C)C3CCC12C)CC1CCC2C(CCC3(C)C(C(C)CCCC(C)C)CCC23)C1(C)C6. The Morgan fingerprint density at radius 1 is 0.635 bits per heavy atom. The Hall–Kier alpha value is -1.45. The van der Waals surface area contributed by atoms with Crippen LogP contribution in [0.25, 0.3) is 0 Å². The van der Waals surface area contributed by atoms with Crippen LogP contribution in [-0.4, -0.2) is 22.0 Å². The average molecular weight is 711 g/mol. The molecule has 6 saturated carbocycles. The Morgan fingerprint density at radius 3 is 1.71 bits per heavy atom. The Labute approximate surface area is 317 Å². The summed E-state index contributed by atoms with van der Waals surface area (Å²) in [7, 11) is 0. The van der Waals surface area contributed by atoms with Crippen LogP contribution in [0.3, 0.4) is 0 Å². The van der Waals surface area contributed by atoms with Crippen molar-refractivity contribution in [3.63, 3.8) is 0 Å². The molecule has 4 heteroatoms. The minimum atomic E-state index is -0.0922. The summed E-state index contributed by atoms with van der Waals surface area (Å²) >= 11 is 0. The van der Waals surface area contributed by atoms with Crippen LogP contribution in [0.4, 0.5) is 0 Å². The first-order valence-electron chi connectivity index (χ1n) is 22.8. The molecule has 1 aromatic heterocycles. The Balaban J connectivity index is 0.921. The highest BCUT2D eigenvalue weighted by Gasteiger charge is 2.63. The number of hydrogen-bond acceptors (Lipinski definition) is 4. The summed E-state index contributed by atoms with van der Waals surface area (Å²) in [6.07, 6.45) is 25.3. The molecule has 1 aromatic rings. The van der Waals surface area contributed by atoms with Gasteiger partial charge in [-0.3, -0.25) is 14.8 Å². The zero-order valence-electron chi connectivity index (χ0n) is 34.6. The second kappa shape index (κ2) is 12.8. The number of rotatable bonds is 6. The van der Waals surface area contributed by atoms with Crippen molar-refractivity contribution in [3.05, 3.63) is 22.8 Å². The second-order valence-electron chi connectivity index (χ2n) is 22.3. The van der Waals surface area contributed by atoms with E-state index in [9.17, 15) is 4.79 Å². The van der Waals surface area contributed by atoms with Gasteiger partial charge in [-0.15, -0.1) is 0 Å². The molecule has 0 spiro atoms. The normalized spacial score (nSPS) is 47.9. The number of ether oxygens (including phenoxy) is 1. The highest BCUT2D eigenvalue weighted by Crippen LogP contribution is 2.69. The summed E-state index contributed by atoms with van der Waals surface area (Å²) in [5, 5.41) is 0. The van der Waals surface area contributed by atoms with Gasteiger partial charge in [-0.2, -0.15) is 0 Å². The third-order valence-corrected chi connectivity index (χ3v) is 19.7. The van der Waals surface area contributed by atoms with Crippen molar-refractivity contribution >= 4 is 5.97 Å². The maximum atomic E-state index is 12.0. The summed E-state index contributed by atoms with van der Waals surface area (Å²) in [4.78, 5) is 23.4. The molecular weight excluding hydrogens is 637 g/mol. The van der Waals surface area contributed by atoms with Crippen molar-refractivity contribution in [3.8, 4) is 0 Å². The number of esters is 1. The van der Waals surface area contributed by atoms with E-state index in [1.807, 2.05) is 0 Å². The molecule has 4 nitrogen and oxygen atoms in total. The third-order valence-electron chi connectivity index (χ3n) is 19.7. The predicted octanol–water partition coefficient (Wildman–Crippen LogP) is 11.4. The molecule has 8 aliphatic carbocycles. The molecule has 15 atom stereocenters. The van der Waals surface area contributed by atoms with Gasteiger partial charge in [0.25, 0.3) is 0 Å². The maximum absolute atomic E-state index is 12.0. The molecule has 0 amide bonds. The first-order chi connectivity index (χ1) is 24.7. The van der Waals surface area contributed by atoms with E-state index in [0.717, 1.165) is 78.4 Å². The zero-order chi connectivity index (χ0) is 36.4. The molecule has 52 heavy (non-hydrogen) atoms. The summed E-state index contributed by atoms with van der Waals surface area (Å²) < 4.78 is 5.96. The molecule has 9 rings (SSSR count). The van der Waals surface area contributed by atoms with Gasteiger partial charge in [0, 0.05) is 12.3 Å². The zero-order valence-corrected chi connectivity index (χ0v) is 34.6. The van der Waals surface area contributed by atoms with Crippen LogP contribution in [0.15, 0.2) is 0 Å². The van der Waals surface area contributed by atoms with Gasteiger partial charge in [-0.25, -0.2) is 0 Å². The smallest absolute Gasteiger partial charge is 0.302 e. The van der Waals surface area contributed by atoms with Crippen molar-refractivity contribution in [1.29, 1.82) is 0 Å². The molecule has 0 aromatic carbocycles. The average Bonchev–Trinajstić information content (AvgIpc) is 3.61. The number of nitrogens with zero attached hydrogens (tertiary/aromatic N) is 2. The van der Waals surface area contributed by atoms with Crippen LogP contribution in [0.5, 0.6) is 0 Å². The molecule has 0 radical (unpaired) electrons. The van der Waals surface area contributed by atoms with E-state index in [2.05, 4.69) is 48.5 Å². The van der Waals surface area contributed by atoms with E-state index >= 15 is 0 Å². The molecule has 8 aliphatic rings. The molecule has 1 heterocycles. The first-order valence-corrected chi connectivity index (χ1v) is 22.8. The van der Waals surface area contributed by atoms with E-state index in [4.69, 9.17) is 14.7 Å². The van der Waals surface area contributed by atoms with Crippen LogP contribution in [0.1, 0.15) is 174 Å². The third kappa shape index (κ3) is 5.40. The summed E-state index contributed by atoms with van der Waals surface area (Å²) in [5.74, 6) is 9.06. The number of hydrogen-bond donors (Lipinski definition) is 0. The molecule has 0 bridgehead atoms. The lowest BCUT2D eigenvalue weighted by Gasteiger charge is -2.61. The van der Waals surface area contributed by atoms with Crippen LogP contribution >= 0.6 is 0 Å². The number of carbonyl (C=O) groups excluding carboxylic acids is 1. The van der Waals surface area contributed by atoms with Crippen LogP contribution in [0, 0.1) is 86.8 Å². The standard InChI is InChI=1S/C48H74N2O2/c1-28(2)10-9-11-29(3)35-16-17-36-33-14-12-31-24-40-42(26-47(31,7)38(33)20-22-45(35,36)5)49-41-25-32-13-15-34-37-18-19-44(52-30(4)51)46(37,6)23-21-39(34)48(32,8)27-43(41)50-40/h28-29,31-39,44H,9-27H2,1-8H3. The largest absolute Gasteiger partial charge is 0.462 e. The van der Waals surface area contributed by atoms with Crippen LogP contribution in [-0.2, 0) is 35.2 Å². The van der Waals surface area contributed by atoms with Gasteiger partial charge in [0.15, 0.2) is 0 Å². The van der Waals surface area contributed by atoms with Gasteiger partial charge in [-0.1, -0.05) is 67.7 Å². The summed E-state index contributed by atoms with van der Waals surface area (Å²) in [6, 6.07) is 0. The Bertz CT molecular complexity index is 1550. The van der Waals surface area contributed by atoms with Crippen molar-refractivity contribution in [2.24, 2.45) is 86.8 Å². The van der Waals surface area contributed by atoms with E-state index in [0.29, 0.717) is 22.2 Å². The predicted molar refractivity (Wildman–Crippen MR) is 209 cm³/mol. The van der Waals surface area contributed by atoms with Gasteiger partial charge in [0.05, 0.1) is 22.8 Å². The fourth-order valence-corrected chi connectivity index (χ4v) is 17.0. The van der Waals surface area contributed by atoms with E-state index in [-0.39, 0.29) is 17.5 Å². The lowest BCUT2D eigenvalue weighted by Crippen LogP contribution is -2.56. The first kappa shape index (κ1) is 36.2. The van der Waals surface area contributed by atoms with E-state index < -0.39 is 0 Å². The number of carbonyl (C=O) groups is 1. The topological polar surface area (TPSA) is 52.1 Å². The molecular formula is C48H74N2O2. The summed E-state index contributed by atoms with van der Waals surface area (Å²) in [5.41, 5.74) is 6.99. The Kier molecular flexibility index (Phi) is 8.91. The molecule has 6 fully saturated rings. The number of fused-ring (bicyclic) bond motifs is 12. The minimum Gasteiger partial charge on any atom is -0.462 e. The van der Waals surface area contributed by atoms with Crippen molar-refractivity contribution in [2.45, 2.75) is 183 Å². The van der Waals surface area contributed by atoms with E-state index in [1.54, 1.807) is 6.92 Å². The molecule has 15 unspecified atom stereocenters. The van der Waals surface area contributed by atoms with Gasteiger partial charge in [-0.05, 0) is 184 Å². The van der Waals surface area contributed by atoms with Gasteiger partial charge < -0.3 is 4.74 Å². The maximum Gasteiger partial charge on any atom is 0.302 e. The van der Waals surface area contributed by atoms with E-state index in [1.165, 1.54) is 126 Å². The van der Waals surface area contributed by atoms with Gasteiger partial charge in [0.2, 0.25) is 0 Å². The van der Waals surface area contributed by atoms with Gasteiger partial charge in [0.1, 0.15) is 6.10 Å².